The minimum atomic E-state index is -1.04. The van der Waals surface area contributed by atoms with Crippen LogP contribution in [-0.2, 0) is 6.54 Å². The number of amides is 1. The number of aliphatic hydroxyl groups is 1. The van der Waals surface area contributed by atoms with Crippen molar-refractivity contribution in [2.45, 2.75) is 26.0 Å². The number of fused-ring (bicyclic) bond motifs is 1. The number of nitrogens with one attached hydrogen (secondary N) is 3. The molecule has 0 radical (unpaired) electrons. The molecule has 0 aliphatic carbocycles. The van der Waals surface area contributed by atoms with Gasteiger partial charge < -0.3 is 20.0 Å². The molecule has 9 nitrogen and oxygen atoms in total. The highest BCUT2D eigenvalue weighted by molar-refractivity contribution is 7.17. The van der Waals surface area contributed by atoms with E-state index >= 15 is 0 Å². The van der Waals surface area contributed by atoms with E-state index in [9.17, 15) is 14.7 Å². The van der Waals surface area contributed by atoms with Gasteiger partial charge in [0.15, 0.2) is 5.78 Å². The van der Waals surface area contributed by atoms with Crippen LogP contribution in [0.2, 0.25) is 0 Å². The highest BCUT2D eigenvalue weighted by Crippen LogP contribution is 2.29. The number of rotatable bonds is 9. The summed E-state index contributed by atoms with van der Waals surface area (Å²) in [5.41, 5.74) is 2.54. The fraction of sp³-hybridized carbons (Fsp3) is 0.185. The highest BCUT2D eigenvalue weighted by atomic mass is 32.1. The van der Waals surface area contributed by atoms with Crippen LogP contribution in [0.3, 0.4) is 0 Å². The molecule has 0 spiro atoms. The number of ketones is 1. The van der Waals surface area contributed by atoms with Gasteiger partial charge in [-0.3, -0.25) is 14.9 Å². The number of hydrogen-bond donors (Lipinski definition) is 4. The summed E-state index contributed by atoms with van der Waals surface area (Å²) in [5.74, 6) is 0.0117. The Kier molecular flexibility index (Phi) is 6.60. The molecule has 10 heteroatoms. The van der Waals surface area contributed by atoms with Crippen molar-refractivity contribution in [1.29, 1.82) is 0 Å². The van der Waals surface area contributed by atoms with Crippen molar-refractivity contribution in [1.82, 2.24) is 19.5 Å². The highest BCUT2D eigenvalue weighted by Gasteiger charge is 2.22. The number of carbonyl (C=O) groups is 2. The van der Waals surface area contributed by atoms with E-state index in [2.05, 4.69) is 25.6 Å². The smallest absolute Gasteiger partial charge is 0.268 e. The molecule has 0 bridgehead atoms. The van der Waals surface area contributed by atoms with Crippen molar-refractivity contribution in [3.63, 3.8) is 0 Å². The molecule has 5 rings (SSSR count). The van der Waals surface area contributed by atoms with Gasteiger partial charge in [0.05, 0.1) is 57.7 Å². The van der Waals surface area contributed by atoms with E-state index < -0.39 is 5.60 Å². The average Bonchev–Trinajstić information content (AvgIpc) is 3.63. The summed E-state index contributed by atoms with van der Waals surface area (Å²) < 4.78 is 1.79. The Morgan fingerprint density at radius 2 is 1.92 bits per heavy atom. The number of H-pyrrole nitrogens is 1. The number of anilines is 2. The molecule has 0 atom stereocenters. The molecule has 5 aromatic rings. The normalized spacial score (nSPS) is 11.5. The topological polar surface area (TPSA) is 125 Å². The van der Waals surface area contributed by atoms with E-state index in [0.717, 1.165) is 21.8 Å². The van der Waals surface area contributed by atoms with Crippen molar-refractivity contribution >= 4 is 45.7 Å². The minimum absolute atomic E-state index is 0.0216. The molecule has 0 saturated heterocycles. The molecule has 0 saturated carbocycles. The first-order valence-corrected chi connectivity index (χ1v) is 12.5. The molecule has 0 aliphatic rings. The van der Waals surface area contributed by atoms with Gasteiger partial charge in [-0.25, -0.2) is 9.97 Å². The Morgan fingerprint density at radius 3 is 2.65 bits per heavy atom. The van der Waals surface area contributed by atoms with Gasteiger partial charge in [-0.05, 0) is 44.2 Å². The van der Waals surface area contributed by atoms with E-state index in [1.165, 1.54) is 11.3 Å². The Balaban J connectivity index is 1.39. The van der Waals surface area contributed by atoms with Crippen LogP contribution in [0, 0.1) is 0 Å². The Hall–Kier alpha value is -4.28. The van der Waals surface area contributed by atoms with E-state index in [4.69, 9.17) is 0 Å². The zero-order valence-electron chi connectivity index (χ0n) is 20.4. The van der Waals surface area contributed by atoms with Crippen molar-refractivity contribution in [3.8, 4) is 10.6 Å². The SMILES string of the molecule is CC(C)(O)Cn1c(NC(=O)c2ccc(-c3cnc[nH]3)s2)nc2cc(NCC(=O)c3ccccc3)ccc21. The molecule has 3 heterocycles. The minimum Gasteiger partial charge on any atom is -0.389 e. The van der Waals surface area contributed by atoms with Gasteiger partial charge in [0.2, 0.25) is 5.95 Å². The molecule has 3 aromatic heterocycles. The van der Waals surface area contributed by atoms with Crippen LogP contribution in [0.4, 0.5) is 11.6 Å². The number of Topliss-reactive ketones (excluding diaryl/α,β-unsaturated/α-hetero) is 1. The molecule has 1 amide bonds. The lowest BCUT2D eigenvalue weighted by atomic mass is 10.1. The molecule has 188 valence electrons. The number of aromatic amines is 1. The number of imidazole rings is 2. The monoisotopic (exact) mass is 514 g/mol. The lowest BCUT2D eigenvalue weighted by Gasteiger charge is -2.20. The second-order valence-corrected chi connectivity index (χ2v) is 10.3. The van der Waals surface area contributed by atoms with Crippen LogP contribution < -0.4 is 10.6 Å². The van der Waals surface area contributed by atoms with Crippen LogP contribution in [0.15, 0.2) is 73.2 Å². The fourth-order valence-electron chi connectivity index (χ4n) is 3.95. The third-order valence-electron chi connectivity index (χ3n) is 5.66. The van der Waals surface area contributed by atoms with Crippen LogP contribution in [0.5, 0.6) is 0 Å². The van der Waals surface area contributed by atoms with Crippen molar-refractivity contribution in [3.05, 3.63) is 83.6 Å². The van der Waals surface area contributed by atoms with Crippen LogP contribution in [-0.4, -0.2) is 48.5 Å². The second kappa shape index (κ2) is 10.00. The predicted molar refractivity (Wildman–Crippen MR) is 145 cm³/mol. The maximum absolute atomic E-state index is 13.1. The van der Waals surface area contributed by atoms with Crippen LogP contribution >= 0.6 is 11.3 Å². The third-order valence-corrected chi connectivity index (χ3v) is 6.78. The molecule has 2 aromatic carbocycles. The van der Waals surface area contributed by atoms with E-state index in [0.29, 0.717) is 21.9 Å². The van der Waals surface area contributed by atoms with Gasteiger partial charge in [0, 0.05) is 11.3 Å². The van der Waals surface area contributed by atoms with Gasteiger partial charge in [-0.15, -0.1) is 11.3 Å². The summed E-state index contributed by atoms with van der Waals surface area (Å²) in [6, 6.07) is 18.3. The zero-order chi connectivity index (χ0) is 26.0. The lowest BCUT2D eigenvalue weighted by Crippen LogP contribution is -2.27. The number of benzene rings is 2. The number of nitrogens with zero attached hydrogens (tertiary/aromatic N) is 3. The van der Waals surface area contributed by atoms with Crippen LogP contribution in [0.1, 0.15) is 33.9 Å². The number of carbonyl (C=O) groups excluding carboxylic acids is 2. The maximum Gasteiger partial charge on any atom is 0.268 e. The molecule has 0 fully saturated rings. The summed E-state index contributed by atoms with van der Waals surface area (Å²) in [4.78, 5) is 38.7. The number of thiophene rings is 1. The zero-order valence-corrected chi connectivity index (χ0v) is 21.2. The number of hydrogen-bond acceptors (Lipinski definition) is 7. The molecule has 4 N–H and O–H groups in total. The molecule has 0 unspecified atom stereocenters. The predicted octanol–water partition coefficient (Wildman–Crippen LogP) is 4.81. The van der Waals surface area contributed by atoms with Crippen molar-refractivity contribution < 1.29 is 14.7 Å². The van der Waals surface area contributed by atoms with Crippen LogP contribution in [0.25, 0.3) is 21.6 Å². The third kappa shape index (κ3) is 5.60. The Bertz CT molecular complexity index is 1550. The first-order valence-electron chi connectivity index (χ1n) is 11.7. The first kappa shape index (κ1) is 24.4. The lowest BCUT2D eigenvalue weighted by molar-refractivity contribution is 0.0630. The molecular weight excluding hydrogens is 488 g/mol. The summed E-state index contributed by atoms with van der Waals surface area (Å²) >= 11 is 1.34. The van der Waals surface area contributed by atoms with Crippen molar-refractivity contribution in [2.75, 3.05) is 17.2 Å². The van der Waals surface area contributed by atoms with E-state index in [1.54, 1.807) is 49.1 Å². The van der Waals surface area contributed by atoms with E-state index in [-0.39, 0.29) is 24.8 Å². The fourth-order valence-corrected chi connectivity index (χ4v) is 4.82. The van der Waals surface area contributed by atoms with Gasteiger partial charge in [-0.1, -0.05) is 30.3 Å². The molecule has 37 heavy (non-hydrogen) atoms. The first-order chi connectivity index (χ1) is 17.8. The van der Waals surface area contributed by atoms with Gasteiger partial charge in [0.25, 0.3) is 5.91 Å². The van der Waals surface area contributed by atoms with E-state index in [1.807, 2.05) is 42.5 Å². The second-order valence-electron chi connectivity index (χ2n) is 9.26. The largest absolute Gasteiger partial charge is 0.389 e. The summed E-state index contributed by atoms with van der Waals surface area (Å²) in [6.07, 6.45) is 3.30. The quantitative estimate of drug-likeness (QED) is 0.209. The number of aromatic nitrogens is 4. The van der Waals surface area contributed by atoms with Crippen molar-refractivity contribution in [2.24, 2.45) is 0 Å². The molecular formula is C27H26N6O3S. The summed E-state index contributed by atoms with van der Waals surface area (Å²) in [6.45, 7) is 3.76. The molecule has 0 aliphatic heterocycles. The van der Waals surface area contributed by atoms with Gasteiger partial charge >= 0.3 is 0 Å². The standard InChI is InChI=1S/C27H26N6O3S/c1-27(2,36)15-33-21-9-8-18(29-14-22(34)17-6-4-3-5-7-17)12-19(21)31-26(33)32-25(35)24-11-10-23(37-24)20-13-28-16-30-20/h3-13,16,29,36H,14-15H2,1-2H3,(H,28,30)(H,31,32,35). The summed E-state index contributed by atoms with van der Waals surface area (Å²) in [5, 5.41) is 16.6. The Morgan fingerprint density at radius 1 is 1.11 bits per heavy atom. The average molecular weight is 515 g/mol. The maximum atomic E-state index is 13.1. The van der Waals surface area contributed by atoms with Gasteiger partial charge in [0.1, 0.15) is 0 Å². The Labute approximate surface area is 217 Å². The van der Waals surface area contributed by atoms with Gasteiger partial charge in [-0.2, -0.15) is 0 Å². The summed E-state index contributed by atoms with van der Waals surface area (Å²) in [7, 11) is 0.